The molecule has 0 spiro atoms. The van der Waals surface area contributed by atoms with E-state index in [9.17, 15) is 9.59 Å². The lowest BCUT2D eigenvalue weighted by Gasteiger charge is -2.18. The molecule has 2 rings (SSSR count). The molecule has 2 amide bonds. The molecule has 25 heavy (non-hydrogen) atoms. The molecule has 0 aliphatic carbocycles. The number of carbonyl (C=O) groups is 2. The number of nitrogens with one attached hydrogen (secondary N) is 2. The van der Waals surface area contributed by atoms with Crippen LogP contribution in [0.5, 0.6) is 5.75 Å². The summed E-state index contributed by atoms with van der Waals surface area (Å²) in [5, 5.41) is 8.00. The zero-order valence-electron chi connectivity index (χ0n) is 13.8. The number of halogens is 2. The van der Waals surface area contributed by atoms with Crippen molar-refractivity contribution in [3.63, 3.8) is 0 Å². The molecule has 0 radical (unpaired) electrons. The van der Waals surface area contributed by atoms with E-state index in [4.69, 9.17) is 16.3 Å². The second-order valence-electron chi connectivity index (χ2n) is 5.22. The van der Waals surface area contributed by atoms with E-state index >= 15 is 0 Å². The Hall–Kier alpha value is -1.57. The Kier molecular flexibility index (Phi) is 7.28. The van der Waals surface area contributed by atoms with E-state index in [1.54, 1.807) is 12.1 Å². The van der Waals surface area contributed by atoms with Crippen molar-refractivity contribution in [3.05, 3.63) is 44.0 Å². The van der Waals surface area contributed by atoms with Crippen LogP contribution < -0.4 is 15.4 Å². The second kappa shape index (κ2) is 9.22. The molecule has 0 fully saturated rings. The number of hydrogen-bond acceptors (Lipinski definition) is 4. The molecule has 0 saturated heterocycles. The first kappa shape index (κ1) is 19.8. The minimum atomic E-state index is -0.379. The number of rotatable bonds is 7. The first-order chi connectivity index (χ1) is 11.9. The predicted molar refractivity (Wildman–Crippen MR) is 104 cm³/mol. The zero-order valence-corrected chi connectivity index (χ0v) is 16.9. The maximum atomic E-state index is 12.5. The quantitative estimate of drug-likeness (QED) is 0.645. The Bertz CT molecular complexity index is 753. The molecule has 134 valence electrons. The van der Waals surface area contributed by atoms with Crippen molar-refractivity contribution in [2.24, 2.45) is 0 Å². The van der Waals surface area contributed by atoms with Crippen LogP contribution in [0.1, 0.15) is 31.2 Å². The van der Waals surface area contributed by atoms with Crippen molar-refractivity contribution in [3.8, 4) is 5.75 Å². The third-order valence-electron chi connectivity index (χ3n) is 3.22. The lowest BCUT2D eigenvalue weighted by Crippen LogP contribution is -2.29. The number of ether oxygens (including phenoxy) is 1. The van der Waals surface area contributed by atoms with E-state index in [1.165, 1.54) is 18.3 Å². The first-order valence-corrected chi connectivity index (χ1v) is 9.68. The van der Waals surface area contributed by atoms with E-state index in [1.807, 2.05) is 24.4 Å². The topological polar surface area (TPSA) is 67.4 Å². The number of hydrogen-bond donors (Lipinski definition) is 2. The molecule has 2 aromatic rings. The van der Waals surface area contributed by atoms with Crippen molar-refractivity contribution >= 4 is 56.4 Å². The zero-order chi connectivity index (χ0) is 18.4. The van der Waals surface area contributed by atoms with E-state index in [0.717, 1.165) is 4.88 Å². The molecule has 8 heteroatoms. The van der Waals surface area contributed by atoms with Gasteiger partial charge in [0, 0.05) is 16.8 Å². The van der Waals surface area contributed by atoms with Gasteiger partial charge in [0.25, 0.3) is 0 Å². The largest absolute Gasteiger partial charge is 0.491 e. The van der Waals surface area contributed by atoms with E-state index < -0.39 is 0 Å². The Morgan fingerprint density at radius 2 is 2.16 bits per heavy atom. The summed E-state index contributed by atoms with van der Waals surface area (Å²) in [5.41, 5.74) is 0.485. The van der Waals surface area contributed by atoms with Crippen molar-refractivity contribution in [2.45, 2.75) is 26.3 Å². The Balaban J connectivity index is 2.17. The second-order valence-corrected chi connectivity index (χ2v) is 7.49. The molecule has 0 aliphatic heterocycles. The van der Waals surface area contributed by atoms with Crippen LogP contribution in [0.25, 0.3) is 0 Å². The Labute approximate surface area is 163 Å². The third kappa shape index (κ3) is 5.73. The normalized spacial score (nSPS) is 11.7. The molecule has 1 aromatic carbocycles. The average molecular weight is 446 g/mol. The number of thiophene rings is 1. The molecule has 0 bridgehead atoms. The van der Waals surface area contributed by atoms with E-state index in [0.29, 0.717) is 27.5 Å². The van der Waals surface area contributed by atoms with Gasteiger partial charge in [-0.15, -0.1) is 11.3 Å². The fraction of sp³-hybridized carbons (Fsp3) is 0.294. The highest BCUT2D eigenvalue weighted by atomic mass is 79.9. The first-order valence-electron chi connectivity index (χ1n) is 7.63. The van der Waals surface area contributed by atoms with Gasteiger partial charge in [-0.1, -0.05) is 17.7 Å². The molecule has 0 unspecified atom stereocenters. The van der Waals surface area contributed by atoms with Crippen molar-refractivity contribution in [1.29, 1.82) is 0 Å². The lowest BCUT2D eigenvalue weighted by atomic mass is 10.1. The van der Waals surface area contributed by atoms with Gasteiger partial charge in [0.05, 0.1) is 29.2 Å². The number of amides is 2. The van der Waals surface area contributed by atoms with Crippen molar-refractivity contribution in [2.75, 3.05) is 11.9 Å². The predicted octanol–water partition coefficient (Wildman–Crippen LogP) is 4.77. The van der Waals surface area contributed by atoms with Crippen molar-refractivity contribution in [1.82, 2.24) is 5.32 Å². The number of carbonyl (C=O) groups excluding carboxylic acids is 2. The number of benzene rings is 1. The Morgan fingerprint density at radius 3 is 2.76 bits per heavy atom. The van der Waals surface area contributed by atoms with Crippen LogP contribution in [0.3, 0.4) is 0 Å². The minimum absolute atomic E-state index is 0.107. The fourth-order valence-corrected chi connectivity index (χ4v) is 3.99. The summed E-state index contributed by atoms with van der Waals surface area (Å²) in [6, 6.07) is 6.73. The van der Waals surface area contributed by atoms with Crippen LogP contribution in [0.15, 0.2) is 34.1 Å². The summed E-state index contributed by atoms with van der Waals surface area (Å²) < 4.78 is 6.24. The molecule has 0 aliphatic rings. The molecular weight excluding hydrogens is 428 g/mol. The molecule has 1 heterocycles. The van der Waals surface area contributed by atoms with Gasteiger partial charge in [-0.05, 0) is 46.4 Å². The van der Waals surface area contributed by atoms with Gasteiger partial charge in [0.1, 0.15) is 0 Å². The van der Waals surface area contributed by atoms with Gasteiger partial charge < -0.3 is 15.4 Å². The van der Waals surface area contributed by atoms with Crippen LogP contribution >= 0.6 is 38.9 Å². The standard InChI is InChI=1S/C17H18BrClN2O3S/c1-3-24-17-12(18)7-11(19)8-14(17)21-16(23)9-13(20-10(2)22)15-5-4-6-25-15/h4-8,13H,3,9H2,1-2H3,(H,20,22)(H,21,23)/t13-/m0/s1. The van der Waals surface area contributed by atoms with Crippen LogP contribution in [0.2, 0.25) is 5.02 Å². The highest BCUT2D eigenvalue weighted by Gasteiger charge is 2.20. The summed E-state index contributed by atoms with van der Waals surface area (Å²) in [4.78, 5) is 24.9. The molecule has 1 aromatic heterocycles. The molecule has 0 saturated carbocycles. The van der Waals surface area contributed by atoms with Crippen LogP contribution in [0.4, 0.5) is 5.69 Å². The Morgan fingerprint density at radius 1 is 1.40 bits per heavy atom. The average Bonchev–Trinajstić information content (AvgIpc) is 3.04. The number of anilines is 1. The smallest absolute Gasteiger partial charge is 0.226 e. The highest BCUT2D eigenvalue weighted by Crippen LogP contribution is 2.37. The van der Waals surface area contributed by atoms with Crippen LogP contribution in [-0.2, 0) is 9.59 Å². The van der Waals surface area contributed by atoms with E-state index in [2.05, 4.69) is 26.6 Å². The third-order valence-corrected chi connectivity index (χ3v) is 5.02. The SMILES string of the molecule is CCOc1c(Br)cc(Cl)cc1NC(=O)C[C@H](NC(C)=O)c1cccs1. The maximum Gasteiger partial charge on any atom is 0.226 e. The van der Waals surface area contributed by atoms with Gasteiger partial charge in [-0.2, -0.15) is 0 Å². The monoisotopic (exact) mass is 444 g/mol. The van der Waals surface area contributed by atoms with Crippen LogP contribution in [0, 0.1) is 0 Å². The van der Waals surface area contributed by atoms with Gasteiger partial charge in [-0.25, -0.2) is 0 Å². The summed E-state index contributed by atoms with van der Waals surface area (Å²) in [7, 11) is 0. The summed E-state index contributed by atoms with van der Waals surface area (Å²) in [6.07, 6.45) is 0.107. The maximum absolute atomic E-state index is 12.5. The molecule has 5 nitrogen and oxygen atoms in total. The van der Waals surface area contributed by atoms with E-state index in [-0.39, 0.29) is 24.3 Å². The highest BCUT2D eigenvalue weighted by molar-refractivity contribution is 9.10. The minimum Gasteiger partial charge on any atom is -0.491 e. The summed E-state index contributed by atoms with van der Waals surface area (Å²) in [6.45, 7) is 3.74. The van der Waals surface area contributed by atoms with Crippen LogP contribution in [-0.4, -0.2) is 18.4 Å². The fourth-order valence-electron chi connectivity index (χ4n) is 2.29. The van der Waals surface area contributed by atoms with Crippen molar-refractivity contribution < 1.29 is 14.3 Å². The summed E-state index contributed by atoms with van der Waals surface area (Å²) >= 11 is 10.9. The van der Waals surface area contributed by atoms with Gasteiger partial charge in [0.2, 0.25) is 11.8 Å². The molecule has 1 atom stereocenters. The lowest BCUT2D eigenvalue weighted by molar-refractivity contribution is -0.120. The molecule has 2 N–H and O–H groups in total. The summed E-state index contributed by atoms with van der Waals surface area (Å²) in [5.74, 6) is 0.0847. The van der Waals surface area contributed by atoms with Gasteiger partial charge in [-0.3, -0.25) is 9.59 Å². The van der Waals surface area contributed by atoms with Gasteiger partial charge >= 0.3 is 0 Å². The van der Waals surface area contributed by atoms with Gasteiger partial charge in [0.15, 0.2) is 5.75 Å². The molecular formula is C17H18BrClN2O3S.